The number of aromatic nitrogens is 2. The maximum atomic E-state index is 11.6. The minimum Gasteiger partial charge on any atom is -0.475 e. The number of hydrogen-bond donors (Lipinski definition) is 0. The molecule has 2 saturated heterocycles. The van der Waals surface area contributed by atoms with E-state index in [-0.39, 0.29) is 6.10 Å². The Labute approximate surface area is 163 Å². The standard InChI is InChI=1S/C19H27N3O6/c1-13-12-21(18-19(2,27-13)28-17(24)16(23)26-18)10-11-25-15-8-9-22(20-15)14-6-4-3-5-7-14/h8-9,13-14,18H,3-7,10-12H2,1-2H3. The molecule has 1 aromatic heterocycles. The molecule has 3 unspecified atom stereocenters. The van der Waals surface area contributed by atoms with Crippen molar-refractivity contribution in [2.75, 3.05) is 19.7 Å². The van der Waals surface area contributed by atoms with Crippen molar-refractivity contribution in [3.63, 3.8) is 0 Å². The van der Waals surface area contributed by atoms with Gasteiger partial charge >= 0.3 is 11.9 Å². The van der Waals surface area contributed by atoms with Gasteiger partial charge in [-0.2, -0.15) is 0 Å². The molecule has 0 aromatic carbocycles. The van der Waals surface area contributed by atoms with Gasteiger partial charge in [0.1, 0.15) is 6.61 Å². The van der Waals surface area contributed by atoms with Gasteiger partial charge in [0.05, 0.1) is 12.1 Å². The molecule has 0 N–H and O–H groups in total. The second kappa shape index (κ2) is 7.71. The molecule has 0 radical (unpaired) electrons. The number of ether oxygens (including phenoxy) is 4. The van der Waals surface area contributed by atoms with Crippen LogP contribution in [-0.4, -0.2) is 64.4 Å². The lowest BCUT2D eigenvalue weighted by molar-refractivity contribution is -0.346. The summed E-state index contributed by atoms with van der Waals surface area (Å²) in [5.41, 5.74) is 0. The van der Waals surface area contributed by atoms with E-state index in [4.69, 9.17) is 18.9 Å². The van der Waals surface area contributed by atoms with E-state index in [1.807, 2.05) is 28.8 Å². The fourth-order valence-corrected chi connectivity index (χ4v) is 4.31. The van der Waals surface area contributed by atoms with Crippen molar-refractivity contribution in [1.82, 2.24) is 14.7 Å². The highest BCUT2D eigenvalue weighted by atomic mass is 16.8. The molecule has 1 aromatic rings. The third-order valence-electron chi connectivity index (χ3n) is 5.55. The van der Waals surface area contributed by atoms with Crippen LogP contribution in [0.3, 0.4) is 0 Å². The Morgan fingerprint density at radius 1 is 1.25 bits per heavy atom. The summed E-state index contributed by atoms with van der Waals surface area (Å²) in [6.45, 7) is 4.87. The van der Waals surface area contributed by atoms with Crippen LogP contribution < -0.4 is 4.74 Å². The van der Waals surface area contributed by atoms with Crippen LogP contribution in [0.25, 0.3) is 0 Å². The first kappa shape index (κ1) is 19.2. The molecule has 9 heteroatoms. The third-order valence-corrected chi connectivity index (χ3v) is 5.55. The first-order valence-electron chi connectivity index (χ1n) is 9.98. The van der Waals surface area contributed by atoms with Gasteiger partial charge in [-0.1, -0.05) is 19.3 Å². The summed E-state index contributed by atoms with van der Waals surface area (Å²) in [5, 5.41) is 4.55. The van der Waals surface area contributed by atoms with E-state index >= 15 is 0 Å². The average Bonchev–Trinajstić information content (AvgIpc) is 3.13. The molecule has 9 nitrogen and oxygen atoms in total. The van der Waals surface area contributed by atoms with Crippen molar-refractivity contribution >= 4 is 11.9 Å². The van der Waals surface area contributed by atoms with Crippen LogP contribution in [-0.2, 0) is 23.8 Å². The summed E-state index contributed by atoms with van der Waals surface area (Å²) < 4.78 is 24.0. The third kappa shape index (κ3) is 3.86. The Hall–Kier alpha value is -2.13. The number of fused-ring (bicyclic) bond motifs is 1. The van der Waals surface area contributed by atoms with Gasteiger partial charge in [-0.3, -0.25) is 9.58 Å². The topological polar surface area (TPSA) is 92.1 Å². The Balaban J connectivity index is 1.34. The van der Waals surface area contributed by atoms with Crippen molar-refractivity contribution < 1.29 is 28.5 Å². The van der Waals surface area contributed by atoms with E-state index in [0.29, 0.717) is 31.6 Å². The van der Waals surface area contributed by atoms with E-state index in [9.17, 15) is 9.59 Å². The van der Waals surface area contributed by atoms with Crippen LogP contribution >= 0.6 is 0 Å². The average molecular weight is 393 g/mol. The second-order valence-corrected chi connectivity index (χ2v) is 7.86. The van der Waals surface area contributed by atoms with E-state index in [1.165, 1.54) is 19.3 Å². The molecular formula is C19H27N3O6. The minimum absolute atomic E-state index is 0.184. The lowest BCUT2D eigenvalue weighted by atomic mass is 9.96. The first-order chi connectivity index (χ1) is 13.4. The smallest absolute Gasteiger partial charge is 0.420 e. The highest BCUT2D eigenvalue weighted by Gasteiger charge is 2.55. The summed E-state index contributed by atoms with van der Waals surface area (Å²) in [7, 11) is 0. The number of esters is 2. The van der Waals surface area contributed by atoms with E-state index in [2.05, 4.69) is 5.10 Å². The number of hydrogen-bond acceptors (Lipinski definition) is 8. The summed E-state index contributed by atoms with van der Waals surface area (Å²) in [6.07, 6.45) is 7.13. The highest BCUT2D eigenvalue weighted by molar-refractivity contribution is 6.30. The minimum atomic E-state index is -1.31. The van der Waals surface area contributed by atoms with Crippen LogP contribution in [0.5, 0.6) is 5.88 Å². The van der Waals surface area contributed by atoms with Crippen LogP contribution in [0.2, 0.25) is 0 Å². The molecule has 154 valence electrons. The maximum absolute atomic E-state index is 11.6. The Kier molecular flexibility index (Phi) is 5.29. The number of carbonyl (C=O) groups is 2. The Morgan fingerprint density at radius 3 is 2.82 bits per heavy atom. The molecule has 0 bridgehead atoms. The largest absolute Gasteiger partial charge is 0.475 e. The molecule has 2 aliphatic heterocycles. The van der Waals surface area contributed by atoms with Crippen molar-refractivity contribution in [2.24, 2.45) is 0 Å². The van der Waals surface area contributed by atoms with Crippen molar-refractivity contribution in [3.05, 3.63) is 12.3 Å². The van der Waals surface area contributed by atoms with Crippen molar-refractivity contribution in [3.8, 4) is 5.88 Å². The molecule has 3 aliphatic rings. The molecule has 3 fully saturated rings. The van der Waals surface area contributed by atoms with Crippen LogP contribution in [0, 0.1) is 0 Å². The predicted octanol–water partition coefficient (Wildman–Crippen LogP) is 1.63. The number of nitrogens with zero attached hydrogens (tertiary/aromatic N) is 3. The fourth-order valence-electron chi connectivity index (χ4n) is 4.31. The van der Waals surface area contributed by atoms with Crippen LogP contribution in [0.1, 0.15) is 52.0 Å². The summed E-state index contributed by atoms with van der Waals surface area (Å²) in [6, 6.07) is 2.34. The molecule has 1 saturated carbocycles. The number of rotatable bonds is 5. The van der Waals surface area contributed by atoms with Gasteiger partial charge in [0.15, 0.2) is 0 Å². The van der Waals surface area contributed by atoms with Crippen LogP contribution in [0.4, 0.5) is 0 Å². The lowest BCUT2D eigenvalue weighted by Gasteiger charge is -2.49. The summed E-state index contributed by atoms with van der Waals surface area (Å²) in [4.78, 5) is 25.1. The molecule has 3 heterocycles. The van der Waals surface area contributed by atoms with Crippen molar-refractivity contribution in [2.45, 2.75) is 70.1 Å². The number of morpholine rings is 1. The van der Waals surface area contributed by atoms with Gasteiger partial charge in [-0.25, -0.2) is 9.59 Å². The molecule has 3 atom stereocenters. The zero-order valence-corrected chi connectivity index (χ0v) is 16.3. The van der Waals surface area contributed by atoms with Gasteiger partial charge < -0.3 is 18.9 Å². The van der Waals surface area contributed by atoms with Crippen molar-refractivity contribution in [1.29, 1.82) is 0 Å². The van der Waals surface area contributed by atoms with Crippen LogP contribution in [0.15, 0.2) is 12.3 Å². The zero-order valence-electron chi connectivity index (χ0n) is 16.3. The Bertz CT molecular complexity index is 731. The highest BCUT2D eigenvalue weighted by Crippen LogP contribution is 2.33. The van der Waals surface area contributed by atoms with Gasteiger partial charge in [0.25, 0.3) is 5.79 Å². The predicted molar refractivity (Wildman–Crippen MR) is 96.3 cm³/mol. The summed E-state index contributed by atoms with van der Waals surface area (Å²) >= 11 is 0. The fraction of sp³-hybridized carbons (Fsp3) is 0.737. The molecule has 4 rings (SSSR count). The van der Waals surface area contributed by atoms with Gasteiger partial charge in [-0.05, 0) is 19.8 Å². The van der Waals surface area contributed by atoms with Gasteiger partial charge in [0.2, 0.25) is 12.1 Å². The van der Waals surface area contributed by atoms with E-state index < -0.39 is 24.0 Å². The second-order valence-electron chi connectivity index (χ2n) is 7.86. The van der Waals surface area contributed by atoms with Gasteiger partial charge in [-0.15, -0.1) is 5.10 Å². The summed E-state index contributed by atoms with van der Waals surface area (Å²) in [5.74, 6) is -2.76. The molecule has 0 spiro atoms. The zero-order chi connectivity index (χ0) is 19.7. The monoisotopic (exact) mass is 393 g/mol. The first-order valence-corrected chi connectivity index (χ1v) is 9.98. The van der Waals surface area contributed by atoms with Gasteiger partial charge in [0, 0.05) is 32.3 Å². The Morgan fingerprint density at radius 2 is 2.04 bits per heavy atom. The molecule has 0 amide bonds. The number of carbonyl (C=O) groups excluding carboxylic acids is 2. The molecule has 28 heavy (non-hydrogen) atoms. The normalized spacial score (nSPS) is 31.8. The SMILES string of the molecule is CC1CN(CCOc2ccn(C3CCCCC3)n2)C2OC(=O)C(=O)OC2(C)O1. The quantitative estimate of drug-likeness (QED) is 0.551. The molecule has 1 aliphatic carbocycles. The van der Waals surface area contributed by atoms with E-state index in [1.54, 1.807) is 6.92 Å². The maximum Gasteiger partial charge on any atom is 0.420 e. The van der Waals surface area contributed by atoms with E-state index in [0.717, 1.165) is 12.8 Å². The lowest BCUT2D eigenvalue weighted by Crippen LogP contribution is -2.67. The molecular weight excluding hydrogens is 366 g/mol.